The van der Waals surface area contributed by atoms with E-state index in [2.05, 4.69) is 15.6 Å². The first-order valence-corrected chi connectivity index (χ1v) is 10.9. The molecule has 1 aromatic heterocycles. The van der Waals surface area contributed by atoms with Crippen LogP contribution in [0, 0.1) is 0 Å². The molecule has 0 spiro atoms. The van der Waals surface area contributed by atoms with Gasteiger partial charge < -0.3 is 37.9 Å². The number of unbranched alkanes of at least 4 members (excludes halogenated alkanes) is 1. The molecule has 1 heterocycles. The highest BCUT2D eigenvalue weighted by Gasteiger charge is 2.28. The Morgan fingerprint density at radius 1 is 1.00 bits per heavy atom. The number of carbonyl (C=O) groups is 4. The average molecular weight is 461 g/mol. The molecule has 1 aromatic carbocycles. The summed E-state index contributed by atoms with van der Waals surface area (Å²) in [5, 5.41) is 15.6. The van der Waals surface area contributed by atoms with Crippen LogP contribution in [0.3, 0.4) is 0 Å². The second-order valence-electron chi connectivity index (χ2n) is 7.92. The normalized spacial score (nSPS) is 13.8. The summed E-state index contributed by atoms with van der Waals surface area (Å²) in [7, 11) is 0. The lowest BCUT2D eigenvalue weighted by Gasteiger charge is -2.23. The number of carbonyl (C=O) groups excluding carboxylic acids is 3. The van der Waals surface area contributed by atoms with Gasteiger partial charge in [-0.25, -0.2) is 4.79 Å². The van der Waals surface area contributed by atoms with Gasteiger partial charge in [0.1, 0.15) is 12.1 Å². The highest BCUT2D eigenvalue weighted by atomic mass is 16.4. The monoisotopic (exact) mass is 460 g/mol. The summed E-state index contributed by atoms with van der Waals surface area (Å²) in [6.45, 7) is 0.415. The number of para-hydroxylation sites is 1. The number of nitrogens with one attached hydrogen (secondary N) is 3. The maximum absolute atomic E-state index is 12.9. The summed E-state index contributed by atoms with van der Waals surface area (Å²) in [4.78, 5) is 51.2. The second-order valence-corrected chi connectivity index (χ2v) is 7.92. The van der Waals surface area contributed by atoms with E-state index in [1.54, 1.807) is 6.20 Å². The topological polar surface area (TPSA) is 206 Å². The predicted molar refractivity (Wildman–Crippen MR) is 123 cm³/mol. The summed E-state index contributed by atoms with van der Waals surface area (Å²) in [5.41, 5.74) is 18.0. The summed E-state index contributed by atoms with van der Waals surface area (Å²) in [5.74, 6) is -3.03. The highest BCUT2D eigenvalue weighted by Crippen LogP contribution is 2.19. The molecule has 3 amide bonds. The first-order valence-electron chi connectivity index (χ1n) is 10.9. The predicted octanol–water partition coefficient (Wildman–Crippen LogP) is -0.514. The Hall–Kier alpha value is -3.44. The molecule has 3 unspecified atom stereocenters. The van der Waals surface area contributed by atoms with Gasteiger partial charge in [0.25, 0.3) is 0 Å². The zero-order chi connectivity index (χ0) is 24.4. The summed E-state index contributed by atoms with van der Waals surface area (Å²) >= 11 is 0. The number of nitrogens with two attached hydrogens (primary N) is 3. The van der Waals surface area contributed by atoms with Crippen molar-refractivity contribution in [1.29, 1.82) is 0 Å². The summed E-state index contributed by atoms with van der Waals surface area (Å²) in [6, 6.07) is 4.23. The quantitative estimate of drug-likeness (QED) is 0.183. The fourth-order valence-electron chi connectivity index (χ4n) is 3.46. The molecule has 0 fully saturated rings. The van der Waals surface area contributed by atoms with Crippen LogP contribution in [0.5, 0.6) is 0 Å². The van der Waals surface area contributed by atoms with Crippen molar-refractivity contribution in [2.24, 2.45) is 17.2 Å². The molecule has 33 heavy (non-hydrogen) atoms. The molecule has 0 saturated heterocycles. The van der Waals surface area contributed by atoms with Crippen LogP contribution in [-0.2, 0) is 25.6 Å². The van der Waals surface area contributed by atoms with Gasteiger partial charge in [0.15, 0.2) is 0 Å². The van der Waals surface area contributed by atoms with Crippen molar-refractivity contribution in [3.05, 3.63) is 36.0 Å². The van der Waals surface area contributed by atoms with Crippen molar-refractivity contribution in [3.8, 4) is 0 Å². The largest absolute Gasteiger partial charge is 0.480 e. The van der Waals surface area contributed by atoms with E-state index < -0.39 is 41.8 Å². The van der Waals surface area contributed by atoms with E-state index in [4.69, 9.17) is 17.2 Å². The number of carboxylic acids is 1. The van der Waals surface area contributed by atoms with E-state index in [0.717, 1.165) is 16.5 Å². The van der Waals surface area contributed by atoms with Crippen LogP contribution in [0.25, 0.3) is 10.9 Å². The molecule has 0 aliphatic heterocycles. The first kappa shape index (κ1) is 25.8. The standard InChI is InChI=1S/C22H32N6O5/c23-10-4-3-7-17(27-20(30)15(24)8-9-19(25)29)21(31)28-18(22(32)33)11-13-12-26-16-6-2-1-5-14(13)16/h1-2,5-6,12,15,17-18,26H,3-4,7-11,23-24H2,(H2,25,29)(H,27,30)(H,28,31)(H,32,33). The van der Waals surface area contributed by atoms with Crippen LogP contribution < -0.4 is 27.8 Å². The Kier molecular flexibility index (Phi) is 9.83. The van der Waals surface area contributed by atoms with Gasteiger partial charge in [-0.05, 0) is 43.9 Å². The third kappa shape index (κ3) is 7.88. The Morgan fingerprint density at radius 3 is 2.36 bits per heavy atom. The summed E-state index contributed by atoms with van der Waals surface area (Å²) < 4.78 is 0. The van der Waals surface area contributed by atoms with E-state index in [1.165, 1.54) is 0 Å². The number of benzene rings is 1. The number of rotatable bonds is 14. The number of amides is 3. The lowest BCUT2D eigenvalue weighted by molar-refractivity contribution is -0.142. The lowest BCUT2D eigenvalue weighted by atomic mass is 10.0. The minimum atomic E-state index is -1.20. The number of primary amides is 1. The molecule has 0 aliphatic carbocycles. The molecule has 2 rings (SSSR count). The molecule has 180 valence electrons. The second kappa shape index (κ2) is 12.6. The maximum Gasteiger partial charge on any atom is 0.326 e. The molecule has 0 radical (unpaired) electrons. The van der Waals surface area contributed by atoms with Crippen molar-refractivity contribution in [2.75, 3.05) is 6.54 Å². The van der Waals surface area contributed by atoms with Crippen molar-refractivity contribution >= 4 is 34.6 Å². The number of fused-ring (bicyclic) bond motifs is 1. The van der Waals surface area contributed by atoms with Crippen LogP contribution in [-0.4, -0.2) is 58.5 Å². The molecule has 10 N–H and O–H groups in total. The van der Waals surface area contributed by atoms with Crippen molar-refractivity contribution in [3.63, 3.8) is 0 Å². The first-order chi connectivity index (χ1) is 15.7. The van der Waals surface area contributed by atoms with Crippen LogP contribution in [0.15, 0.2) is 30.5 Å². The molecule has 11 nitrogen and oxygen atoms in total. The number of H-pyrrole nitrogens is 1. The van der Waals surface area contributed by atoms with Crippen molar-refractivity contribution in [2.45, 2.75) is 56.7 Å². The fourth-order valence-corrected chi connectivity index (χ4v) is 3.46. The third-order valence-electron chi connectivity index (χ3n) is 5.33. The Bertz CT molecular complexity index is 975. The minimum Gasteiger partial charge on any atom is -0.480 e. The molecular weight excluding hydrogens is 428 g/mol. The maximum atomic E-state index is 12.9. The number of aromatic amines is 1. The van der Waals surface area contributed by atoms with Gasteiger partial charge in [-0.3, -0.25) is 14.4 Å². The molecule has 0 aliphatic rings. The van der Waals surface area contributed by atoms with Crippen LogP contribution in [0.2, 0.25) is 0 Å². The number of aliphatic carboxylic acids is 1. The van der Waals surface area contributed by atoms with E-state index in [9.17, 15) is 24.3 Å². The Morgan fingerprint density at radius 2 is 1.70 bits per heavy atom. The van der Waals surface area contributed by atoms with Crippen molar-refractivity contribution in [1.82, 2.24) is 15.6 Å². The minimum absolute atomic E-state index is 0.0383. The molecule has 2 aromatic rings. The van der Waals surface area contributed by atoms with Gasteiger partial charge in [0, 0.05) is 29.9 Å². The van der Waals surface area contributed by atoms with Gasteiger partial charge >= 0.3 is 5.97 Å². The fraction of sp³-hybridized carbons (Fsp3) is 0.455. The van der Waals surface area contributed by atoms with Gasteiger partial charge in [-0.1, -0.05) is 18.2 Å². The van der Waals surface area contributed by atoms with Crippen LogP contribution in [0.4, 0.5) is 0 Å². The molecular formula is C22H32N6O5. The van der Waals surface area contributed by atoms with Gasteiger partial charge in [-0.15, -0.1) is 0 Å². The highest BCUT2D eigenvalue weighted by molar-refractivity contribution is 5.92. The summed E-state index contributed by atoms with van der Waals surface area (Å²) in [6.07, 6.45) is 3.19. The van der Waals surface area contributed by atoms with E-state index >= 15 is 0 Å². The molecule has 0 saturated carbocycles. The zero-order valence-electron chi connectivity index (χ0n) is 18.4. The number of aromatic nitrogens is 1. The third-order valence-corrected chi connectivity index (χ3v) is 5.33. The number of hydrogen-bond acceptors (Lipinski definition) is 6. The van der Waals surface area contributed by atoms with Gasteiger partial charge in [0.2, 0.25) is 17.7 Å². The van der Waals surface area contributed by atoms with Crippen LogP contribution >= 0.6 is 0 Å². The van der Waals surface area contributed by atoms with E-state index in [-0.39, 0.29) is 25.7 Å². The molecule has 0 bridgehead atoms. The van der Waals surface area contributed by atoms with Gasteiger partial charge in [0.05, 0.1) is 6.04 Å². The Balaban J connectivity index is 2.09. The average Bonchev–Trinajstić information content (AvgIpc) is 3.19. The smallest absolute Gasteiger partial charge is 0.326 e. The number of hydrogen-bond donors (Lipinski definition) is 7. The van der Waals surface area contributed by atoms with E-state index in [1.807, 2.05) is 24.3 Å². The zero-order valence-corrected chi connectivity index (χ0v) is 18.4. The Labute approximate surface area is 191 Å². The van der Waals surface area contributed by atoms with Crippen LogP contribution in [0.1, 0.15) is 37.7 Å². The van der Waals surface area contributed by atoms with E-state index in [0.29, 0.717) is 19.4 Å². The van der Waals surface area contributed by atoms with Crippen molar-refractivity contribution < 1.29 is 24.3 Å². The molecule has 11 heteroatoms. The number of carboxylic acid groups (broad SMARTS) is 1. The lowest BCUT2D eigenvalue weighted by Crippen LogP contribution is -2.54. The SMILES string of the molecule is NCCCCC(NC(=O)C(N)CCC(N)=O)C(=O)NC(Cc1c[nH]c2ccccc12)C(=O)O. The van der Waals surface area contributed by atoms with Gasteiger partial charge in [-0.2, -0.15) is 0 Å². The molecule has 3 atom stereocenters.